The van der Waals surface area contributed by atoms with Crippen LogP contribution in [0.15, 0.2) is 23.2 Å². The topological polar surface area (TPSA) is 74.3 Å². The van der Waals surface area contributed by atoms with E-state index in [1.54, 1.807) is 0 Å². The summed E-state index contributed by atoms with van der Waals surface area (Å²) in [6.45, 7) is 0. The van der Waals surface area contributed by atoms with Crippen LogP contribution in [0.4, 0.5) is 5.69 Å². The van der Waals surface area contributed by atoms with Crippen LogP contribution in [0.3, 0.4) is 0 Å². The van der Waals surface area contributed by atoms with E-state index in [0.717, 1.165) is 16.8 Å². The number of rotatable bonds is 1. The van der Waals surface area contributed by atoms with Crippen LogP contribution >= 0.6 is 0 Å². The molecule has 1 aliphatic rings. The van der Waals surface area contributed by atoms with Crippen molar-refractivity contribution >= 4 is 17.4 Å². The number of nitrogens with two attached hydrogens (primary N) is 1. The second-order valence-electron chi connectivity index (χ2n) is 2.82. The van der Waals surface area contributed by atoms with Crippen molar-refractivity contribution in [2.75, 3.05) is 12.4 Å². The first-order chi connectivity index (χ1) is 6.24. The molecule has 0 aliphatic carbocycles. The second-order valence-corrected chi connectivity index (χ2v) is 2.82. The van der Waals surface area contributed by atoms with Crippen LogP contribution in [0.25, 0.3) is 0 Å². The van der Waals surface area contributed by atoms with Crippen LogP contribution in [0.1, 0.15) is 11.1 Å². The summed E-state index contributed by atoms with van der Waals surface area (Å²) in [5.41, 5.74) is 8.24. The molecule has 1 aromatic carbocycles. The highest BCUT2D eigenvalue weighted by atomic mass is 15.0. The first kappa shape index (κ1) is 7.79. The molecular formula is C9H10N4. The molecule has 1 heterocycles. The van der Waals surface area contributed by atoms with E-state index < -0.39 is 0 Å². The number of aliphatic imine (C=N–C) groups is 1. The van der Waals surface area contributed by atoms with Crippen molar-refractivity contribution in [3.05, 3.63) is 29.3 Å². The maximum absolute atomic E-state index is 7.54. The summed E-state index contributed by atoms with van der Waals surface area (Å²) in [5.74, 6) is 0.662. The maximum atomic E-state index is 7.54. The van der Waals surface area contributed by atoms with Gasteiger partial charge < -0.3 is 11.1 Å². The van der Waals surface area contributed by atoms with Crippen molar-refractivity contribution in [3.63, 3.8) is 0 Å². The molecule has 0 fully saturated rings. The molecule has 0 saturated heterocycles. The highest BCUT2D eigenvalue weighted by Crippen LogP contribution is 2.24. The third kappa shape index (κ3) is 0.989. The van der Waals surface area contributed by atoms with E-state index in [9.17, 15) is 0 Å². The van der Waals surface area contributed by atoms with Gasteiger partial charge in [-0.05, 0) is 6.07 Å². The van der Waals surface area contributed by atoms with Gasteiger partial charge in [-0.2, -0.15) is 0 Å². The minimum absolute atomic E-state index is 0.240. The first-order valence-electron chi connectivity index (χ1n) is 3.98. The van der Waals surface area contributed by atoms with Gasteiger partial charge in [0.1, 0.15) is 5.84 Å². The number of nitrogens with one attached hydrogen (secondary N) is 2. The summed E-state index contributed by atoms with van der Waals surface area (Å²) in [7, 11) is 1.82. The SMILES string of the molecule is CNc1cccc2c1C(N)=NC2=N. The molecule has 0 radical (unpaired) electrons. The van der Waals surface area contributed by atoms with Crippen LogP contribution in [-0.2, 0) is 0 Å². The van der Waals surface area contributed by atoms with Gasteiger partial charge in [-0.1, -0.05) is 12.1 Å². The van der Waals surface area contributed by atoms with Crippen molar-refractivity contribution in [1.29, 1.82) is 5.41 Å². The molecule has 4 nitrogen and oxygen atoms in total. The molecule has 0 spiro atoms. The molecule has 0 bridgehead atoms. The zero-order valence-corrected chi connectivity index (χ0v) is 7.26. The Kier molecular flexibility index (Phi) is 1.55. The number of benzene rings is 1. The lowest BCUT2D eigenvalue weighted by Crippen LogP contribution is -2.12. The summed E-state index contributed by atoms with van der Waals surface area (Å²) in [4.78, 5) is 3.90. The zero-order chi connectivity index (χ0) is 9.42. The van der Waals surface area contributed by atoms with Gasteiger partial charge >= 0.3 is 0 Å². The van der Waals surface area contributed by atoms with E-state index in [0.29, 0.717) is 5.84 Å². The van der Waals surface area contributed by atoms with Gasteiger partial charge in [0.25, 0.3) is 0 Å². The molecule has 1 aliphatic heterocycles. The van der Waals surface area contributed by atoms with E-state index in [1.807, 2.05) is 25.2 Å². The zero-order valence-electron chi connectivity index (χ0n) is 7.26. The molecule has 66 valence electrons. The lowest BCUT2D eigenvalue weighted by atomic mass is 10.1. The quantitative estimate of drug-likeness (QED) is 0.588. The Morgan fingerprint density at radius 1 is 1.46 bits per heavy atom. The average molecular weight is 174 g/mol. The molecule has 4 heteroatoms. The predicted octanol–water partition coefficient (Wildman–Crippen LogP) is 0.773. The lowest BCUT2D eigenvalue weighted by Gasteiger charge is -2.06. The van der Waals surface area contributed by atoms with Gasteiger partial charge in [0.15, 0.2) is 5.84 Å². The minimum atomic E-state index is 0.240. The summed E-state index contributed by atoms with van der Waals surface area (Å²) in [6, 6.07) is 5.65. The molecule has 4 N–H and O–H groups in total. The summed E-state index contributed by atoms with van der Waals surface area (Å²) in [6.07, 6.45) is 0. The van der Waals surface area contributed by atoms with Crippen LogP contribution in [0, 0.1) is 5.41 Å². The molecule has 0 atom stereocenters. The predicted molar refractivity (Wildman–Crippen MR) is 53.5 cm³/mol. The van der Waals surface area contributed by atoms with Crippen LogP contribution in [0.2, 0.25) is 0 Å². The number of hydrogen-bond donors (Lipinski definition) is 3. The number of nitrogens with zero attached hydrogens (tertiary/aromatic N) is 1. The Balaban J connectivity index is 2.70. The van der Waals surface area contributed by atoms with Crippen molar-refractivity contribution < 1.29 is 0 Å². The third-order valence-corrected chi connectivity index (χ3v) is 2.08. The Labute approximate surface area is 76.0 Å². The Bertz CT molecular complexity index is 406. The van der Waals surface area contributed by atoms with Crippen LogP contribution in [-0.4, -0.2) is 18.7 Å². The second kappa shape index (κ2) is 2.58. The summed E-state index contributed by atoms with van der Waals surface area (Å²) < 4.78 is 0. The van der Waals surface area contributed by atoms with Crippen molar-refractivity contribution in [2.45, 2.75) is 0 Å². The molecule has 0 aromatic heterocycles. The van der Waals surface area contributed by atoms with Crippen molar-refractivity contribution in [3.8, 4) is 0 Å². The largest absolute Gasteiger partial charge is 0.388 e. The third-order valence-electron chi connectivity index (χ3n) is 2.08. The lowest BCUT2D eigenvalue weighted by molar-refractivity contribution is 1.44. The summed E-state index contributed by atoms with van der Waals surface area (Å²) >= 11 is 0. The van der Waals surface area contributed by atoms with E-state index >= 15 is 0 Å². The fourth-order valence-corrected chi connectivity index (χ4v) is 1.47. The van der Waals surface area contributed by atoms with Gasteiger partial charge in [0.05, 0.1) is 5.56 Å². The normalized spacial score (nSPS) is 13.9. The van der Waals surface area contributed by atoms with Crippen LogP contribution < -0.4 is 11.1 Å². The molecular weight excluding hydrogens is 164 g/mol. The van der Waals surface area contributed by atoms with Gasteiger partial charge in [0.2, 0.25) is 0 Å². The molecule has 0 unspecified atom stereocenters. The Morgan fingerprint density at radius 2 is 2.23 bits per heavy atom. The van der Waals surface area contributed by atoms with E-state index in [4.69, 9.17) is 11.1 Å². The fraction of sp³-hybridized carbons (Fsp3) is 0.111. The molecule has 1 aromatic rings. The van der Waals surface area contributed by atoms with Crippen molar-refractivity contribution in [2.24, 2.45) is 10.7 Å². The van der Waals surface area contributed by atoms with Crippen LogP contribution in [0.5, 0.6) is 0 Å². The highest BCUT2D eigenvalue weighted by Gasteiger charge is 2.20. The number of anilines is 1. The first-order valence-corrected chi connectivity index (χ1v) is 3.98. The average Bonchev–Trinajstić information content (AvgIpc) is 2.43. The van der Waals surface area contributed by atoms with E-state index in [-0.39, 0.29) is 5.84 Å². The minimum Gasteiger partial charge on any atom is -0.388 e. The van der Waals surface area contributed by atoms with Gasteiger partial charge in [-0.3, -0.25) is 5.41 Å². The van der Waals surface area contributed by atoms with E-state index in [2.05, 4.69) is 10.3 Å². The fourth-order valence-electron chi connectivity index (χ4n) is 1.47. The van der Waals surface area contributed by atoms with Gasteiger partial charge in [0, 0.05) is 18.3 Å². The Hall–Kier alpha value is -1.84. The van der Waals surface area contributed by atoms with Crippen molar-refractivity contribution in [1.82, 2.24) is 0 Å². The van der Waals surface area contributed by atoms with Gasteiger partial charge in [-0.25, -0.2) is 4.99 Å². The maximum Gasteiger partial charge on any atom is 0.155 e. The molecule has 0 saturated carbocycles. The monoisotopic (exact) mass is 174 g/mol. The standard InChI is InChI=1S/C9H10N4/c1-12-6-4-2-3-5-7(6)9(11)13-8(5)10/h2-4,12H,1H3,(H3,10,11,13). The van der Waals surface area contributed by atoms with Gasteiger partial charge in [-0.15, -0.1) is 0 Å². The number of hydrogen-bond acceptors (Lipinski definition) is 3. The Morgan fingerprint density at radius 3 is 2.92 bits per heavy atom. The number of amidine groups is 2. The highest BCUT2D eigenvalue weighted by molar-refractivity contribution is 6.23. The molecule has 2 rings (SSSR count). The summed E-state index contributed by atoms with van der Waals surface area (Å²) in [5, 5.41) is 10.6. The van der Waals surface area contributed by atoms with E-state index in [1.165, 1.54) is 0 Å². The molecule has 13 heavy (non-hydrogen) atoms. The number of fused-ring (bicyclic) bond motifs is 1. The molecule has 0 amide bonds. The smallest absolute Gasteiger partial charge is 0.155 e.